The fourth-order valence-electron chi connectivity index (χ4n) is 1.93. The summed E-state index contributed by atoms with van der Waals surface area (Å²) < 4.78 is 31.3. The highest BCUT2D eigenvalue weighted by atomic mass is 35.5. The molecule has 20 heavy (non-hydrogen) atoms. The monoisotopic (exact) mass is 297 g/mol. The molecule has 1 N–H and O–H groups in total. The molecule has 0 aromatic heterocycles. The van der Waals surface area contributed by atoms with Gasteiger partial charge in [0.1, 0.15) is 5.82 Å². The molecule has 2 nitrogen and oxygen atoms in total. The Morgan fingerprint density at radius 2 is 1.90 bits per heavy atom. The number of benzene rings is 2. The van der Waals surface area contributed by atoms with E-state index in [-0.39, 0.29) is 17.6 Å². The average Bonchev–Trinajstić information content (AvgIpc) is 2.40. The Kier molecular flexibility index (Phi) is 4.45. The van der Waals surface area contributed by atoms with E-state index in [4.69, 9.17) is 16.3 Å². The average molecular weight is 298 g/mol. The van der Waals surface area contributed by atoms with Gasteiger partial charge in [-0.2, -0.15) is 0 Å². The van der Waals surface area contributed by atoms with Gasteiger partial charge in [-0.25, -0.2) is 8.78 Å². The van der Waals surface area contributed by atoms with Gasteiger partial charge in [0.25, 0.3) is 0 Å². The van der Waals surface area contributed by atoms with E-state index < -0.39 is 5.82 Å². The maximum atomic E-state index is 13.3. The van der Waals surface area contributed by atoms with Crippen molar-refractivity contribution in [3.8, 4) is 5.75 Å². The fourth-order valence-corrected chi connectivity index (χ4v) is 2.26. The van der Waals surface area contributed by atoms with E-state index >= 15 is 0 Å². The molecular formula is C15H14ClF2NO. The van der Waals surface area contributed by atoms with Crippen molar-refractivity contribution in [3.63, 3.8) is 0 Å². The highest BCUT2D eigenvalue weighted by Crippen LogP contribution is 2.28. The molecule has 0 heterocycles. The molecule has 0 spiro atoms. The predicted octanol–water partition coefficient (Wildman–Crippen LogP) is 4.80. The molecule has 5 heteroatoms. The summed E-state index contributed by atoms with van der Waals surface area (Å²) in [6.45, 7) is 1.88. The van der Waals surface area contributed by atoms with Gasteiger partial charge in [0, 0.05) is 22.8 Å². The van der Waals surface area contributed by atoms with Crippen molar-refractivity contribution in [3.05, 3.63) is 58.6 Å². The van der Waals surface area contributed by atoms with Crippen LogP contribution in [0.5, 0.6) is 5.75 Å². The molecule has 1 atom stereocenters. The second kappa shape index (κ2) is 6.09. The molecule has 0 aliphatic rings. The lowest BCUT2D eigenvalue weighted by Crippen LogP contribution is -2.07. The first-order valence-corrected chi connectivity index (χ1v) is 6.44. The number of hydrogen-bond acceptors (Lipinski definition) is 2. The van der Waals surface area contributed by atoms with Crippen molar-refractivity contribution in [1.29, 1.82) is 0 Å². The molecule has 0 fully saturated rings. The summed E-state index contributed by atoms with van der Waals surface area (Å²) in [6.07, 6.45) is 0. The van der Waals surface area contributed by atoms with E-state index in [9.17, 15) is 8.78 Å². The van der Waals surface area contributed by atoms with Crippen LogP contribution in [0.1, 0.15) is 18.5 Å². The van der Waals surface area contributed by atoms with Crippen molar-refractivity contribution < 1.29 is 13.5 Å². The Balaban J connectivity index is 2.21. The Hall–Kier alpha value is -1.81. The Morgan fingerprint density at radius 1 is 1.15 bits per heavy atom. The fraction of sp³-hybridized carbons (Fsp3) is 0.200. The highest BCUT2D eigenvalue weighted by molar-refractivity contribution is 6.31. The number of methoxy groups -OCH3 is 1. The molecule has 0 bridgehead atoms. The number of nitrogens with one attached hydrogen (secondary N) is 1. The molecule has 2 aromatic rings. The van der Waals surface area contributed by atoms with Crippen LogP contribution in [0.4, 0.5) is 14.5 Å². The van der Waals surface area contributed by atoms with E-state index in [0.717, 1.165) is 5.56 Å². The second-order valence-electron chi connectivity index (χ2n) is 4.38. The molecule has 0 radical (unpaired) electrons. The van der Waals surface area contributed by atoms with Crippen molar-refractivity contribution >= 4 is 17.3 Å². The van der Waals surface area contributed by atoms with Gasteiger partial charge in [0.15, 0.2) is 11.6 Å². The van der Waals surface area contributed by atoms with Crippen molar-refractivity contribution in [2.45, 2.75) is 13.0 Å². The van der Waals surface area contributed by atoms with Gasteiger partial charge in [0.05, 0.1) is 7.11 Å². The van der Waals surface area contributed by atoms with Crippen LogP contribution in [-0.4, -0.2) is 7.11 Å². The molecule has 0 aliphatic carbocycles. The lowest BCUT2D eigenvalue weighted by molar-refractivity contribution is 0.387. The first-order chi connectivity index (χ1) is 9.51. The van der Waals surface area contributed by atoms with Crippen molar-refractivity contribution in [2.24, 2.45) is 0 Å². The van der Waals surface area contributed by atoms with Crippen LogP contribution in [0.15, 0.2) is 36.4 Å². The van der Waals surface area contributed by atoms with E-state index in [1.165, 1.54) is 25.3 Å². The van der Waals surface area contributed by atoms with Gasteiger partial charge >= 0.3 is 0 Å². The minimum absolute atomic E-state index is 0.154. The topological polar surface area (TPSA) is 21.3 Å². The van der Waals surface area contributed by atoms with Crippen LogP contribution in [0.3, 0.4) is 0 Å². The maximum absolute atomic E-state index is 13.3. The Bertz CT molecular complexity index is 619. The summed E-state index contributed by atoms with van der Waals surface area (Å²) in [6, 6.07) is 8.56. The molecular weight excluding hydrogens is 284 g/mol. The van der Waals surface area contributed by atoms with E-state index in [1.807, 2.05) is 6.92 Å². The van der Waals surface area contributed by atoms with Gasteiger partial charge in [-0.3, -0.25) is 0 Å². The maximum Gasteiger partial charge on any atom is 0.165 e. The van der Waals surface area contributed by atoms with Crippen LogP contribution in [-0.2, 0) is 0 Å². The number of rotatable bonds is 4. The van der Waals surface area contributed by atoms with E-state index in [2.05, 4.69) is 5.32 Å². The Labute approximate surface area is 121 Å². The summed E-state index contributed by atoms with van der Waals surface area (Å²) in [5.41, 5.74) is 1.45. The molecule has 2 rings (SSSR count). The smallest absolute Gasteiger partial charge is 0.165 e. The lowest BCUT2D eigenvalue weighted by atomic mass is 10.1. The summed E-state index contributed by atoms with van der Waals surface area (Å²) in [5.74, 6) is -0.646. The summed E-state index contributed by atoms with van der Waals surface area (Å²) in [5, 5.41) is 3.51. The van der Waals surface area contributed by atoms with Gasteiger partial charge in [-0.05, 0) is 36.8 Å². The van der Waals surface area contributed by atoms with Gasteiger partial charge in [-0.15, -0.1) is 0 Å². The quantitative estimate of drug-likeness (QED) is 0.875. The highest BCUT2D eigenvalue weighted by Gasteiger charge is 2.11. The third-order valence-electron chi connectivity index (χ3n) is 2.96. The minimum Gasteiger partial charge on any atom is -0.494 e. The lowest BCUT2D eigenvalue weighted by Gasteiger charge is -2.17. The SMILES string of the molecule is COc1cc(NC(C)c2ccc(F)cc2Cl)ccc1F. The zero-order valence-electron chi connectivity index (χ0n) is 11.1. The number of halogens is 3. The van der Waals surface area contributed by atoms with Crippen LogP contribution < -0.4 is 10.1 Å². The molecule has 0 aliphatic heterocycles. The molecule has 0 amide bonds. The molecule has 106 valence electrons. The van der Waals surface area contributed by atoms with E-state index in [0.29, 0.717) is 10.7 Å². The summed E-state index contributed by atoms with van der Waals surface area (Å²) in [4.78, 5) is 0. The third kappa shape index (κ3) is 3.20. The zero-order valence-corrected chi connectivity index (χ0v) is 11.8. The van der Waals surface area contributed by atoms with Gasteiger partial charge in [-0.1, -0.05) is 17.7 Å². The van der Waals surface area contributed by atoms with Crippen molar-refractivity contribution in [2.75, 3.05) is 12.4 Å². The van der Waals surface area contributed by atoms with Crippen LogP contribution >= 0.6 is 11.6 Å². The van der Waals surface area contributed by atoms with Gasteiger partial charge in [0.2, 0.25) is 0 Å². The zero-order chi connectivity index (χ0) is 14.7. The number of hydrogen-bond donors (Lipinski definition) is 1. The molecule has 1 unspecified atom stereocenters. The standard InChI is InChI=1S/C15H14ClF2NO/c1-9(12-5-3-10(17)7-13(12)16)19-11-4-6-14(18)15(8-11)20-2/h3-9,19H,1-2H3. The van der Waals surface area contributed by atoms with Crippen LogP contribution in [0.25, 0.3) is 0 Å². The molecule has 0 saturated carbocycles. The van der Waals surface area contributed by atoms with Crippen LogP contribution in [0.2, 0.25) is 5.02 Å². The first kappa shape index (κ1) is 14.6. The van der Waals surface area contributed by atoms with Gasteiger partial charge < -0.3 is 10.1 Å². The minimum atomic E-state index is -0.425. The van der Waals surface area contributed by atoms with Crippen LogP contribution in [0, 0.1) is 11.6 Å². The first-order valence-electron chi connectivity index (χ1n) is 6.06. The Morgan fingerprint density at radius 3 is 2.55 bits per heavy atom. The molecule has 0 saturated heterocycles. The third-order valence-corrected chi connectivity index (χ3v) is 3.29. The number of ether oxygens (including phenoxy) is 1. The second-order valence-corrected chi connectivity index (χ2v) is 4.79. The van der Waals surface area contributed by atoms with E-state index in [1.54, 1.807) is 18.2 Å². The van der Waals surface area contributed by atoms with Crippen molar-refractivity contribution in [1.82, 2.24) is 0 Å². The summed E-state index contributed by atoms with van der Waals surface area (Å²) in [7, 11) is 1.41. The summed E-state index contributed by atoms with van der Waals surface area (Å²) >= 11 is 6.01. The molecule has 2 aromatic carbocycles. The normalized spacial score (nSPS) is 12.1. The largest absolute Gasteiger partial charge is 0.494 e. The predicted molar refractivity (Wildman–Crippen MR) is 76.4 cm³/mol. The number of anilines is 1.